The first-order valence-electron chi connectivity index (χ1n) is 5.91. The van der Waals surface area contributed by atoms with Crippen LogP contribution in [0.3, 0.4) is 0 Å². The summed E-state index contributed by atoms with van der Waals surface area (Å²) in [5.41, 5.74) is 0. The van der Waals surface area contributed by atoms with Crippen molar-refractivity contribution >= 4 is 53.7 Å². The second-order valence-corrected chi connectivity index (χ2v) is 8.46. The van der Waals surface area contributed by atoms with E-state index >= 15 is 0 Å². The van der Waals surface area contributed by atoms with Crippen LogP contribution < -0.4 is 8.37 Å². The molecule has 2 rings (SSSR count). The maximum atomic E-state index is 11.3. The van der Waals surface area contributed by atoms with Gasteiger partial charge in [-0.15, -0.1) is 0 Å². The smallest absolute Gasteiger partial charge is 0.294 e. The molecule has 0 aliphatic rings. The molecule has 2 atom stereocenters. The monoisotopic (exact) mass is 446 g/mol. The Kier molecular flexibility index (Phi) is 5.69. The molecule has 2 N–H and O–H groups in total. The Balaban J connectivity index is 3.01. The summed E-state index contributed by atoms with van der Waals surface area (Å²) in [5.74, 6) is -1.57. The van der Waals surface area contributed by atoms with Crippen LogP contribution in [-0.2, 0) is 43.0 Å². The van der Waals surface area contributed by atoms with Crippen LogP contribution >= 0.6 is 0 Å². The molecule has 0 radical (unpaired) electrons. The van der Waals surface area contributed by atoms with Crippen molar-refractivity contribution in [2.45, 2.75) is 9.79 Å². The fourth-order valence-electron chi connectivity index (χ4n) is 1.96. The molecule has 0 heterocycles. The van der Waals surface area contributed by atoms with Gasteiger partial charge in [0.2, 0.25) is 0 Å². The lowest BCUT2D eigenvalue weighted by atomic mass is 10.1. The maximum Gasteiger partial charge on any atom is 0.294 e. The molecule has 2 aromatic carbocycles. The zero-order valence-electron chi connectivity index (χ0n) is 11.9. The van der Waals surface area contributed by atoms with Crippen molar-refractivity contribution in [1.82, 2.24) is 0 Å². The zero-order valence-corrected chi connectivity index (χ0v) is 15.2. The number of hydrogen-bond donors (Lipinski definition) is 2. The van der Waals surface area contributed by atoms with E-state index in [4.69, 9.17) is 9.11 Å². The number of fused-ring (bicyclic) bond motifs is 1. The first kappa shape index (κ1) is 20.6. The Morgan fingerprint density at radius 2 is 1.12 bits per heavy atom. The zero-order chi connectivity index (χ0) is 19.9. The van der Waals surface area contributed by atoms with Crippen molar-refractivity contribution in [2.24, 2.45) is 0 Å². The third-order valence-electron chi connectivity index (χ3n) is 2.84. The van der Waals surface area contributed by atoms with Gasteiger partial charge in [-0.25, -0.2) is 8.42 Å². The molecule has 0 saturated heterocycles. The van der Waals surface area contributed by atoms with Crippen molar-refractivity contribution in [2.75, 3.05) is 0 Å². The highest BCUT2D eigenvalue weighted by atomic mass is 32.2. The first-order chi connectivity index (χ1) is 11.8. The first-order valence-corrected chi connectivity index (χ1v) is 10.8. The quantitative estimate of drug-likeness (QED) is 0.432. The van der Waals surface area contributed by atoms with Crippen LogP contribution in [0.15, 0.2) is 34.1 Å². The molecule has 0 spiro atoms. The summed E-state index contributed by atoms with van der Waals surface area (Å²) in [5, 5.41) is -0.894. The highest BCUT2D eigenvalue weighted by Gasteiger charge is 2.22. The standard InChI is InChI=1S/C10H8O12S4/c11-23(12)21-8-3-6(25(15,16)17)1-5-2-7(26(18,19)20)4-9(10(5)8)22-24(13)14/h1-4H,(H,11,12)(H,13,14)(H,15,16,17)(H,18,19,20)/p-2. The van der Waals surface area contributed by atoms with E-state index in [-0.39, 0.29) is 0 Å². The number of rotatable bonds is 6. The van der Waals surface area contributed by atoms with E-state index in [1.807, 2.05) is 0 Å². The highest BCUT2D eigenvalue weighted by molar-refractivity contribution is 7.86. The summed E-state index contributed by atoms with van der Waals surface area (Å²) in [6, 6.07) is 2.45. The SMILES string of the molecule is O=S([O-])Oc1cc(S(=O)(=O)O)cc2cc(S(=O)(=O)O)cc(OS(=O)[O-])c12. The van der Waals surface area contributed by atoms with Crippen LogP contribution in [0, 0.1) is 0 Å². The van der Waals surface area contributed by atoms with Gasteiger partial charge in [-0.2, -0.15) is 16.8 Å². The van der Waals surface area contributed by atoms with E-state index in [0.29, 0.717) is 24.3 Å². The van der Waals surface area contributed by atoms with Crippen molar-refractivity contribution in [3.8, 4) is 11.5 Å². The lowest BCUT2D eigenvalue weighted by Crippen LogP contribution is -2.06. The highest BCUT2D eigenvalue weighted by Crippen LogP contribution is 2.39. The van der Waals surface area contributed by atoms with E-state index in [2.05, 4.69) is 8.37 Å². The summed E-state index contributed by atoms with van der Waals surface area (Å²) in [4.78, 5) is -1.79. The average molecular weight is 446 g/mol. The van der Waals surface area contributed by atoms with Gasteiger partial charge in [0.05, 0.1) is 15.2 Å². The van der Waals surface area contributed by atoms with Crippen molar-refractivity contribution < 1.29 is 51.8 Å². The molecule has 12 nitrogen and oxygen atoms in total. The third-order valence-corrected chi connectivity index (χ3v) is 5.13. The van der Waals surface area contributed by atoms with Crippen LogP contribution in [0.1, 0.15) is 0 Å². The van der Waals surface area contributed by atoms with Crippen LogP contribution in [0.2, 0.25) is 0 Å². The Labute approximate surface area is 151 Å². The van der Waals surface area contributed by atoms with Crippen molar-refractivity contribution in [3.05, 3.63) is 24.3 Å². The van der Waals surface area contributed by atoms with E-state index in [9.17, 15) is 34.4 Å². The minimum Gasteiger partial charge on any atom is -0.740 e. The molecular weight excluding hydrogens is 440 g/mol. The van der Waals surface area contributed by atoms with Gasteiger partial charge in [0, 0.05) is 12.1 Å². The fraction of sp³-hybridized carbons (Fsp3) is 0. The molecule has 0 aliphatic carbocycles. The number of benzene rings is 2. The van der Waals surface area contributed by atoms with Gasteiger partial charge in [-0.05, 0) is 17.5 Å². The van der Waals surface area contributed by atoms with Crippen LogP contribution in [0.4, 0.5) is 0 Å². The molecule has 16 heteroatoms. The van der Waals surface area contributed by atoms with Crippen LogP contribution in [-0.4, -0.2) is 43.5 Å². The van der Waals surface area contributed by atoms with E-state index in [1.54, 1.807) is 0 Å². The second-order valence-electron chi connectivity index (χ2n) is 4.47. The molecule has 2 aromatic rings. The maximum absolute atomic E-state index is 11.3. The fourth-order valence-corrected chi connectivity index (χ4v) is 3.58. The summed E-state index contributed by atoms with van der Waals surface area (Å²) < 4.78 is 115. The lowest BCUT2D eigenvalue weighted by molar-refractivity contribution is 0.435. The molecule has 0 aromatic heterocycles. The summed E-state index contributed by atoms with van der Waals surface area (Å²) >= 11 is -6.51. The largest absolute Gasteiger partial charge is 0.740 e. The molecule has 0 bridgehead atoms. The minimum atomic E-state index is -4.89. The Hall–Kier alpha value is -1.66. The molecule has 26 heavy (non-hydrogen) atoms. The number of hydrogen-bond acceptors (Lipinski definition) is 10. The Morgan fingerprint density at radius 3 is 1.38 bits per heavy atom. The normalized spacial score (nSPS) is 14.8. The predicted octanol–water partition coefficient (Wildman–Crippen LogP) is -0.321. The summed E-state index contributed by atoms with van der Waals surface area (Å²) in [7, 11) is -9.78. The second kappa shape index (κ2) is 7.16. The van der Waals surface area contributed by atoms with Gasteiger partial charge in [0.1, 0.15) is 22.7 Å². The van der Waals surface area contributed by atoms with E-state index in [0.717, 1.165) is 0 Å². The van der Waals surface area contributed by atoms with Crippen molar-refractivity contribution in [1.29, 1.82) is 0 Å². The molecule has 0 saturated carbocycles. The molecule has 0 aliphatic heterocycles. The molecular formula is C10H6O12S4-2. The van der Waals surface area contributed by atoms with Gasteiger partial charge in [0.15, 0.2) is 11.5 Å². The molecule has 0 amide bonds. The van der Waals surface area contributed by atoms with E-state index in [1.165, 1.54) is 0 Å². The van der Waals surface area contributed by atoms with Crippen LogP contribution in [0.25, 0.3) is 10.8 Å². The van der Waals surface area contributed by atoms with Crippen LogP contribution in [0.5, 0.6) is 11.5 Å². The molecule has 2 unspecified atom stereocenters. The Bertz CT molecular complexity index is 1050. The van der Waals surface area contributed by atoms with Gasteiger partial charge in [-0.3, -0.25) is 9.11 Å². The van der Waals surface area contributed by atoms with Gasteiger partial charge in [-0.1, -0.05) is 0 Å². The Morgan fingerprint density at radius 1 is 0.769 bits per heavy atom. The summed E-state index contributed by atoms with van der Waals surface area (Å²) in [6.45, 7) is 0. The van der Waals surface area contributed by atoms with Crippen molar-refractivity contribution in [3.63, 3.8) is 0 Å². The van der Waals surface area contributed by atoms with E-state index < -0.39 is 75.0 Å². The topological polar surface area (TPSA) is 207 Å². The third kappa shape index (κ3) is 4.74. The minimum absolute atomic E-state index is 0.434. The average Bonchev–Trinajstić information content (AvgIpc) is 2.43. The van der Waals surface area contributed by atoms with Gasteiger partial charge >= 0.3 is 0 Å². The summed E-state index contributed by atoms with van der Waals surface area (Å²) in [6.07, 6.45) is 0. The van der Waals surface area contributed by atoms with Gasteiger partial charge in [0.25, 0.3) is 20.2 Å². The van der Waals surface area contributed by atoms with Gasteiger partial charge < -0.3 is 17.5 Å². The molecule has 0 fully saturated rings. The molecule has 144 valence electrons. The predicted molar refractivity (Wildman–Crippen MR) is 82.7 cm³/mol. The lowest BCUT2D eigenvalue weighted by Gasteiger charge is -2.16.